The van der Waals surface area contributed by atoms with Crippen LogP contribution in [-0.2, 0) is 0 Å². The van der Waals surface area contributed by atoms with Gasteiger partial charge in [0, 0.05) is 23.9 Å². The highest BCUT2D eigenvalue weighted by Gasteiger charge is 2.36. The van der Waals surface area contributed by atoms with Crippen molar-refractivity contribution in [3.05, 3.63) is 54.1 Å². The molecule has 0 saturated heterocycles. The minimum absolute atomic E-state index is 0.301. The molecule has 1 unspecified atom stereocenters. The average Bonchev–Trinajstić information content (AvgIpc) is 2.88. The third kappa shape index (κ3) is 1.94. The molecular weight excluding hydrogens is 278 g/mol. The van der Waals surface area contributed by atoms with E-state index in [0.717, 1.165) is 12.5 Å². The quantitative estimate of drug-likeness (QED) is 0.739. The van der Waals surface area contributed by atoms with Gasteiger partial charge in [-0.25, -0.2) is 0 Å². The normalized spacial score (nSPS) is 19.2. The average molecular weight is 295 g/mol. The van der Waals surface area contributed by atoms with Crippen LogP contribution < -0.4 is 4.90 Å². The van der Waals surface area contributed by atoms with E-state index < -0.39 is 0 Å². The molecule has 106 valence electrons. The van der Waals surface area contributed by atoms with Crippen LogP contribution in [0, 0.1) is 0 Å². The molecule has 0 saturated carbocycles. The Morgan fingerprint density at radius 3 is 2.57 bits per heavy atom. The van der Waals surface area contributed by atoms with Crippen LogP contribution in [0.25, 0.3) is 0 Å². The third-order valence-corrected chi connectivity index (χ3v) is 5.11. The number of hydrogen-bond acceptors (Lipinski definition) is 4. The second-order valence-electron chi connectivity index (χ2n) is 5.53. The molecule has 3 nitrogen and oxygen atoms in total. The van der Waals surface area contributed by atoms with E-state index in [4.69, 9.17) is 4.99 Å². The van der Waals surface area contributed by atoms with Crippen molar-refractivity contribution in [3.8, 4) is 0 Å². The number of para-hydroxylation sites is 1. The lowest BCUT2D eigenvalue weighted by atomic mass is 10.1. The van der Waals surface area contributed by atoms with E-state index in [9.17, 15) is 0 Å². The number of hydrogen-bond donors (Lipinski definition) is 0. The van der Waals surface area contributed by atoms with Gasteiger partial charge < -0.3 is 9.80 Å². The molecule has 2 aromatic rings. The maximum Gasteiger partial charge on any atom is 0.201 e. The highest BCUT2D eigenvalue weighted by atomic mass is 32.2. The van der Waals surface area contributed by atoms with Crippen molar-refractivity contribution in [2.75, 3.05) is 25.5 Å². The Morgan fingerprint density at radius 2 is 1.76 bits per heavy atom. The van der Waals surface area contributed by atoms with Gasteiger partial charge in [-0.1, -0.05) is 42.1 Å². The number of anilines is 1. The number of nitrogens with zero attached hydrogens (tertiary/aromatic N) is 3. The van der Waals surface area contributed by atoms with Crippen molar-refractivity contribution >= 4 is 23.4 Å². The summed E-state index contributed by atoms with van der Waals surface area (Å²) in [7, 11) is 4.13. The molecule has 2 aliphatic rings. The molecule has 2 aliphatic heterocycles. The molecule has 0 bridgehead atoms. The van der Waals surface area contributed by atoms with Crippen molar-refractivity contribution in [1.29, 1.82) is 0 Å². The monoisotopic (exact) mass is 295 g/mol. The molecule has 4 heteroatoms. The first-order valence-corrected chi connectivity index (χ1v) is 7.94. The van der Waals surface area contributed by atoms with Gasteiger partial charge in [-0.15, -0.1) is 0 Å². The third-order valence-electron chi connectivity index (χ3n) is 3.96. The first-order valence-electron chi connectivity index (χ1n) is 7.12. The lowest BCUT2D eigenvalue weighted by Gasteiger charge is -2.30. The predicted octanol–water partition coefficient (Wildman–Crippen LogP) is 3.63. The summed E-state index contributed by atoms with van der Waals surface area (Å²) in [4.78, 5) is 11.9. The van der Waals surface area contributed by atoms with Crippen molar-refractivity contribution in [2.24, 2.45) is 4.99 Å². The molecule has 1 atom stereocenters. The molecule has 0 spiro atoms. The van der Waals surface area contributed by atoms with Crippen LogP contribution in [0.3, 0.4) is 0 Å². The lowest BCUT2D eigenvalue weighted by Crippen LogP contribution is -2.39. The zero-order chi connectivity index (χ0) is 14.4. The van der Waals surface area contributed by atoms with E-state index in [1.165, 1.54) is 21.0 Å². The Labute approximate surface area is 129 Å². The molecule has 0 amide bonds. The second kappa shape index (κ2) is 4.81. The van der Waals surface area contributed by atoms with Crippen molar-refractivity contribution in [3.63, 3.8) is 0 Å². The predicted molar refractivity (Wildman–Crippen MR) is 88.2 cm³/mol. The smallest absolute Gasteiger partial charge is 0.201 e. The van der Waals surface area contributed by atoms with E-state index in [2.05, 4.69) is 72.4 Å². The van der Waals surface area contributed by atoms with Gasteiger partial charge >= 0.3 is 0 Å². The zero-order valence-electron chi connectivity index (χ0n) is 12.2. The van der Waals surface area contributed by atoms with Gasteiger partial charge in [0.15, 0.2) is 0 Å². The summed E-state index contributed by atoms with van der Waals surface area (Å²) in [6.45, 7) is 0.819. The van der Waals surface area contributed by atoms with Crippen LogP contribution in [0.2, 0.25) is 0 Å². The summed E-state index contributed by atoms with van der Waals surface area (Å²) in [5.41, 5.74) is 2.63. The van der Waals surface area contributed by atoms with Gasteiger partial charge in [-0.05, 0) is 23.8 Å². The first kappa shape index (κ1) is 12.8. The molecule has 2 heterocycles. The Hall–Kier alpha value is -1.94. The Bertz CT molecular complexity index is 723. The van der Waals surface area contributed by atoms with Crippen LogP contribution in [-0.4, -0.2) is 31.5 Å². The Balaban J connectivity index is 1.94. The second-order valence-corrected chi connectivity index (χ2v) is 6.61. The highest BCUT2D eigenvalue weighted by molar-refractivity contribution is 7.99. The van der Waals surface area contributed by atoms with E-state index >= 15 is 0 Å². The van der Waals surface area contributed by atoms with Crippen LogP contribution in [0.1, 0.15) is 11.6 Å². The molecular formula is C17H17N3S. The van der Waals surface area contributed by atoms with E-state index in [0.29, 0.717) is 6.04 Å². The molecule has 4 rings (SSSR count). The van der Waals surface area contributed by atoms with Gasteiger partial charge in [0.1, 0.15) is 0 Å². The van der Waals surface area contributed by atoms with Crippen LogP contribution >= 0.6 is 11.8 Å². The fraction of sp³-hybridized carbons (Fsp3) is 0.235. The summed E-state index contributed by atoms with van der Waals surface area (Å²) < 4.78 is 0. The Morgan fingerprint density at radius 1 is 1.05 bits per heavy atom. The maximum absolute atomic E-state index is 4.78. The molecule has 0 N–H and O–H groups in total. The van der Waals surface area contributed by atoms with Gasteiger partial charge in [-0.2, -0.15) is 0 Å². The number of fused-ring (bicyclic) bond motifs is 5. The largest absolute Gasteiger partial charge is 0.349 e. The summed E-state index contributed by atoms with van der Waals surface area (Å²) in [6, 6.07) is 17.6. The van der Waals surface area contributed by atoms with Crippen molar-refractivity contribution in [1.82, 2.24) is 4.90 Å². The van der Waals surface area contributed by atoms with Crippen LogP contribution in [0.4, 0.5) is 5.69 Å². The Kier molecular flexibility index (Phi) is 2.93. The highest BCUT2D eigenvalue weighted by Crippen LogP contribution is 2.47. The first-order chi connectivity index (χ1) is 10.3. The standard InChI is InChI=1S/C17H17N3S/c1-19(2)17-18-11-14-12-7-3-5-9-15(12)21-16-10-6-4-8-13(16)20(14)17/h3-10,14H,11H2,1-2H3. The maximum atomic E-state index is 4.78. The minimum Gasteiger partial charge on any atom is -0.349 e. The van der Waals surface area contributed by atoms with E-state index in [1.54, 1.807) is 0 Å². The summed E-state index contributed by atoms with van der Waals surface area (Å²) in [5, 5.41) is 0. The molecule has 0 fully saturated rings. The SMILES string of the molecule is CN(C)C1=NCC2c3ccccc3Sc3ccccc3N12. The van der Waals surface area contributed by atoms with Gasteiger partial charge in [0.2, 0.25) is 5.96 Å². The summed E-state index contributed by atoms with van der Waals surface area (Å²) in [5.74, 6) is 1.05. The van der Waals surface area contributed by atoms with Crippen molar-refractivity contribution < 1.29 is 0 Å². The van der Waals surface area contributed by atoms with Gasteiger partial charge in [-0.3, -0.25) is 4.99 Å². The number of guanidine groups is 1. The fourth-order valence-electron chi connectivity index (χ4n) is 3.05. The zero-order valence-corrected chi connectivity index (χ0v) is 13.0. The molecule has 0 radical (unpaired) electrons. The molecule has 0 aromatic heterocycles. The van der Waals surface area contributed by atoms with E-state index in [1.807, 2.05) is 11.8 Å². The van der Waals surface area contributed by atoms with Crippen LogP contribution in [0.15, 0.2) is 63.3 Å². The number of benzene rings is 2. The lowest BCUT2D eigenvalue weighted by molar-refractivity contribution is 0.604. The van der Waals surface area contributed by atoms with Gasteiger partial charge in [0.05, 0.1) is 18.3 Å². The van der Waals surface area contributed by atoms with E-state index in [-0.39, 0.29) is 0 Å². The van der Waals surface area contributed by atoms with Crippen LogP contribution in [0.5, 0.6) is 0 Å². The molecule has 21 heavy (non-hydrogen) atoms. The topological polar surface area (TPSA) is 18.8 Å². The summed E-state index contributed by atoms with van der Waals surface area (Å²) in [6.07, 6.45) is 0. The van der Waals surface area contributed by atoms with Gasteiger partial charge in [0.25, 0.3) is 0 Å². The minimum atomic E-state index is 0.301. The van der Waals surface area contributed by atoms with Crippen molar-refractivity contribution in [2.45, 2.75) is 15.8 Å². The molecule has 0 aliphatic carbocycles. The molecule has 2 aromatic carbocycles. The summed E-state index contributed by atoms with van der Waals surface area (Å²) >= 11 is 1.86. The number of aliphatic imine (C=N–C) groups is 1. The fourth-order valence-corrected chi connectivity index (χ4v) is 4.17. The number of rotatable bonds is 0.